The zero-order chi connectivity index (χ0) is 32.8. The van der Waals surface area contributed by atoms with Crippen LogP contribution >= 0.6 is 0 Å². The molecular weight excluding hydrogens is 582 g/mol. The SMILES string of the molecule is CCOC(=O)C1=C(C)NC(C)=C(C(=O)O[C@@]2(C)CCN(CCC(c3ccccc3)c3ccccc3)C2)C1c1cccc([N+](=O)[O-])c1. The maximum atomic E-state index is 14.1. The highest BCUT2D eigenvalue weighted by Crippen LogP contribution is 2.41. The summed E-state index contributed by atoms with van der Waals surface area (Å²) in [6.45, 7) is 9.45. The van der Waals surface area contributed by atoms with Crippen molar-refractivity contribution in [1.29, 1.82) is 0 Å². The summed E-state index contributed by atoms with van der Waals surface area (Å²) >= 11 is 0. The Morgan fingerprint density at radius 1 is 0.957 bits per heavy atom. The largest absolute Gasteiger partial charge is 0.463 e. The molecular formula is C37H41N3O6. The molecule has 1 unspecified atom stereocenters. The fourth-order valence-electron chi connectivity index (χ4n) is 6.68. The number of hydrogen-bond donors (Lipinski definition) is 1. The molecule has 9 nitrogen and oxygen atoms in total. The fourth-order valence-corrected chi connectivity index (χ4v) is 6.68. The average molecular weight is 624 g/mol. The molecule has 3 aromatic carbocycles. The van der Waals surface area contributed by atoms with Gasteiger partial charge in [-0.15, -0.1) is 0 Å². The predicted molar refractivity (Wildman–Crippen MR) is 176 cm³/mol. The Morgan fingerprint density at radius 2 is 1.57 bits per heavy atom. The van der Waals surface area contributed by atoms with E-state index in [1.807, 2.05) is 19.1 Å². The van der Waals surface area contributed by atoms with Gasteiger partial charge in [-0.1, -0.05) is 72.8 Å². The lowest BCUT2D eigenvalue weighted by Crippen LogP contribution is -2.39. The first-order valence-electron chi connectivity index (χ1n) is 15.8. The van der Waals surface area contributed by atoms with E-state index in [1.54, 1.807) is 32.9 Å². The van der Waals surface area contributed by atoms with E-state index in [2.05, 4.69) is 58.7 Å². The van der Waals surface area contributed by atoms with Gasteiger partial charge in [-0.2, -0.15) is 0 Å². The molecule has 1 fully saturated rings. The normalized spacial score (nSPS) is 20.1. The average Bonchev–Trinajstić information content (AvgIpc) is 3.41. The third-order valence-electron chi connectivity index (χ3n) is 8.88. The van der Waals surface area contributed by atoms with E-state index in [4.69, 9.17) is 9.47 Å². The highest BCUT2D eigenvalue weighted by molar-refractivity contribution is 6.00. The summed E-state index contributed by atoms with van der Waals surface area (Å²) in [6.07, 6.45) is 1.56. The Bertz CT molecular complexity index is 1610. The highest BCUT2D eigenvalue weighted by atomic mass is 16.6. The van der Waals surface area contributed by atoms with Gasteiger partial charge in [0, 0.05) is 49.0 Å². The van der Waals surface area contributed by atoms with Gasteiger partial charge in [-0.25, -0.2) is 9.59 Å². The van der Waals surface area contributed by atoms with Crippen molar-refractivity contribution in [2.75, 3.05) is 26.2 Å². The van der Waals surface area contributed by atoms with Crippen LogP contribution in [0.2, 0.25) is 0 Å². The molecule has 5 rings (SSSR count). The van der Waals surface area contributed by atoms with Crippen LogP contribution < -0.4 is 5.32 Å². The molecule has 1 N–H and O–H groups in total. The summed E-state index contributed by atoms with van der Waals surface area (Å²) in [6, 6.07) is 27.0. The van der Waals surface area contributed by atoms with Crippen LogP contribution in [0.15, 0.2) is 107 Å². The van der Waals surface area contributed by atoms with E-state index in [1.165, 1.54) is 23.3 Å². The Balaban J connectivity index is 1.36. The number of rotatable bonds is 11. The first-order valence-corrected chi connectivity index (χ1v) is 15.8. The lowest BCUT2D eigenvalue weighted by atomic mass is 9.80. The summed E-state index contributed by atoms with van der Waals surface area (Å²) in [5.41, 5.74) is 3.60. The number of nitrogens with zero attached hydrogens (tertiary/aromatic N) is 2. The molecule has 2 aliphatic heterocycles. The number of non-ortho nitro benzene ring substituents is 1. The number of nitrogens with one attached hydrogen (secondary N) is 1. The summed E-state index contributed by atoms with van der Waals surface area (Å²) in [4.78, 5) is 40.8. The van der Waals surface area contributed by atoms with Gasteiger partial charge in [0.1, 0.15) is 5.60 Å². The van der Waals surface area contributed by atoms with Crippen molar-refractivity contribution >= 4 is 17.6 Å². The van der Waals surface area contributed by atoms with Gasteiger partial charge in [-0.3, -0.25) is 15.0 Å². The van der Waals surface area contributed by atoms with Crippen molar-refractivity contribution in [2.24, 2.45) is 0 Å². The lowest BCUT2D eigenvalue weighted by Gasteiger charge is -2.33. The summed E-state index contributed by atoms with van der Waals surface area (Å²) in [7, 11) is 0. The maximum absolute atomic E-state index is 14.1. The van der Waals surface area contributed by atoms with Crippen LogP contribution in [0.3, 0.4) is 0 Å². The number of dihydropyridines is 1. The van der Waals surface area contributed by atoms with Crippen molar-refractivity contribution in [2.45, 2.75) is 58.0 Å². The molecule has 46 heavy (non-hydrogen) atoms. The third kappa shape index (κ3) is 7.21. The molecule has 1 saturated heterocycles. The summed E-state index contributed by atoms with van der Waals surface area (Å²) < 4.78 is 11.7. The molecule has 0 spiro atoms. The summed E-state index contributed by atoms with van der Waals surface area (Å²) in [5.74, 6) is -1.81. The van der Waals surface area contributed by atoms with Crippen molar-refractivity contribution in [3.05, 3.63) is 134 Å². The minimum atomic E-state index is -0.897. The van der Waals surface area contributed by atoms with Crippen LogP contribution in [-0.2, 0) is 19.1 Å². The number of likely N-dealkylation sites (tertiary alicyclic amines) is 1. The molecule has 2 atom stereocenters. The molecule has 0 aromatic heterocycles. The van der Waals surface area contributed by atoms with Crippen LogP contribution in [-0.4, -0.2) is 53.6 Å². The Morgan fingerprint density at radius 3 is 2.15 bits per heavy atom. The van der Waals surface area contributed by atoms with Crippen LogP contribution in [0.1, 0.15) is 69.1 Å². The minimum Gasteiger partial charge on any atom is -0.463 e. The quantitative estimate of drug-likeness (QED) is 0.144. The number of benzene rings is 3. The van der Waals surface area contributed by atoms with Crippen LogP contribution in [0.4, 0.5) is 5.69 Å². The van der Waals surface area contributed by atoms with Gasteiger partial charge in [0.25, 0.3) is 5.69 Å². The van der Waals surface area contributed by atoms with Gasteiger partial charge < -0.3 is 14.8 Å². The second kappa shape index (κ2) is 14.1. The molecule has 240 valence electrons. The standard InChI is InChI=1S/C37H41N3O6/c1-5-45-35(41)32-25(2)38-26(3)33(34(32)29-17-12-18-30(23-29)40(43)44)36(42)46-37(4)20-22-39(24-37)21-19-31(27-13-8-6-9-14-27)28-15-10-7-11-16-28/h6-18,23,31,34,38H,5,19-22,24H2,1-4H3/t34?,37-/m0/s1. The molecule has 2 aliphatic rings. The van der Waals surface area contributed by atoms with E-state index in [0.717, 1.165) is 19.5 Å². The van der Waals surface area contributed by atoms with Gasteiger partial charge in [0.2, 0.25) is 0 Å². The number of nitro benzene ring substituents is 1. The van der Waals surface area contributed by atoms with E-state index in [9.17, 15) is 19.7 Å². The zero-order valence-electron chi connectivity index (χ0n) is 26.8. The smallest absolute Gasteiger partial charge is 0.337 e. The molecule has 0 amide bonds. The van der Waals surface area contributed by atoms with Crippen molar-refractivity contribution in [3.8, 4) is 0 Å². The first kappa shape index (κ1) is 32.6. The van der Waals surface area contributed by atoms with E-state index >= 15 is 0 Å². The van der Waals surface area contributed by atoms with Gasteiger partial charge in [-0.05, 0) is 57.4 Å². The molecule has 2 heterocycles. The van der Waals surface area contributed by atoms with Crippen LogP contribution in [0, 0.1) is 10.1 Å². The Hall–Kier alpha value is -4.76. The maximum Gasteiger partial charge on any atom is 0.337 e. The van der Waals surface area contributed by atoms with Crippen LogP contribution in [0.5, 0.6) is 0 Å². The van der Waals surface area contributed by atoms with Crippen molar-refractivity contribution < 1.29 is 24.0 Å². The molecule has 0 saturated carbocycles. The molecule has 3 aromatic rings. The number of hydrogen-bond acceptors (Lipinski definition) is 8. The second-order valence-corrected chi connectivity index (χ2v) is 12.2. The Labute approximate surface area is 270 Å². The number of ether oxygens (including phenoxy) is 2. The molecule has 9 heteroatoms. The number of esters is 2. The predicted octanol–water partition coefficient (Wildman–Crippen LogP) is 6.62. The summed E-state index contributed by atoms with van der Waals surface area (Å²) in [5, 5.41) is 14.8. The van der Waals surface area contributed by atoms with Crippen molar-refractivity contribution in [1.82, 2.24) is 10.2 Å². The molecule has 0 bridgehead atoms. The van der Waals surface area contributed by atoms with Gasteiger partial charge in [0.05, 0.1) is 28.6 Å². The van der Waals surface area contributed by atoms with Gasteiger partial charge in [0.15, 0.2) is 0 Å². The Kier molecular flexibility index (Phi) is 10.0. The van der Waals surface area contributed by atoms with Crippen LogP contribution in [0.25, 0.3) is 0 Å². The number of carbonyl (C=O) groups is 2. The van der Waals surface area contributed by atoms with E-state index < -0.39 is 28.4 Å². The topological polar surface area (TPSA) is 111 Å². The molecule has 0 aliphatic carbocycles. The lowest BCUT2D eigenvalue weighted by molar-refractivity contribution is -0.384. The second-order valence-electron chi connectivity index (χ2n) is 12.2. The van der Waals surface area contributed by atoms with E-state index in [-0.39, 0.29) is 29.4 Å². The zero-order valence-corrected chi connectivity index (χ0v) is 26.8. The van der Waals surface area contributed by atoms with E-state index in [0.29, 0.717) is 29.9 Å². The highest BCUT2D eigenvalue weighted by Gasteiger charge is 2.43. The monoisotopic (exact) mass is 623 g/mol. The first-order chi connectivity index (χ1) is 22.1. The van der Waals surface area contributed by atoms with Gasteiger partial charge >= 0.3 is 11.9 Å². The third-order valence-corrected chi connectivity index (χ3v) is 8.88. The fraction of sp³-hybridized carbons (Fsp3) is 0.351. The number of allylic oxidation sites excluding steroid dienone is 2. The number of carbonyl (C=O) groups excluding carboxylic acids is 2. The number of nitro groups is 1. The van der Waals surface area contributed by atoms with Crippen molar-refractivity contribution in [3.63, 3.8) is 0 Å². The minimum absolute atomic E-state index is 0.134. The molecule has 0 radical (unpaired) electrons.